The van der Waals surface area contributed by atoms with Gasteiger partial charge in [0.15, 0.2) is 17.2 Å². The summed E-state index contributed by atoms with van der Waals surface area (Å²) in [6.07, 6.45) is 3.69. The van der Waals surface area contributed by atoms with Crippen molar-refractivity contribution in [1.82, 2.24) is 30.6 Å². The van der Waals surface area contributed by atoms with Gasteiger partial charge in [0.1, 0.15) is 5.82 Å². The van der Waals surface area contributed by atoms with Gasteiger partial charge in [-0.2, -0.15) is 5.10 Å². The van der Waals surface area contributed by atoms with Crippen LogP contribution in [-0.4, -0.2) is 56.2 Å². The van der Waals surface area contributed by atoms with Crippen LogP contribution in [0.2, 0.25) is 5.22 Å². The maximum atomic E-state index is 15.0. The molecule has 0 radical (unpaired) electrons. The van der Waals surface area contributed by atoms with E-state index in [0.29, 0.717) is 35.7 Å². The minimum Gasteiger partial charge on any atom is -0.363 e. The third-order valence-corrected chi connectivity index (χ3v) is 6.17. The van der Waals surface area contributed by atoms with Gasteiger partial charge in [-0.1, -0.05) is 23.9 Å². The van der Waals surface area contributed by atoms with Crippen LogP contribution in [0.4, 0.5) is 10.2 Å². The summed E-state index contributed by atoms with van der Waals surface area (Å²) >= 11 is 5.64. The topological polar surface area (TPSA) is 129 Å². The SMILES string of the molecule is C=CC(=O)N1CCC(Nc2n[nH]c3nccc(-c4ccc(CNC(=O)c5cc(Cl)on5)c(F)c4)c23)C1. The van der Waals surface area contributed by atoms with Gasteiger partial charge in [0.05, 0.1) is 5.39 Å². The van der Waals surface area contributed by atoms with Crippen LogP contribution in [0, 0.1) is 5.82 Å². The number of anilines is 1. The molecule has 1 aliphatic heterocycles. The van der Waals surface area contributed by atoms with Crippen molar-refractivity contribution in [3.8, 4) is 11.1 Å². The van der Waals surface area contributed by atoms with Crippen LogP contribution in [0.25, 0.3) is 22.2 Å². The molecule has 4 heterocycles. The molecule has 0 spiro atoms. The molecule has 12 heteroatoms. The van der Waals surface area contributed by atoms with Crippen molar-refractivity contribution < 1.29 is 18.5 Å². The number of nitrogens with zero attached hydrogens (tertiary/aromatic N) is 4. The zero-order valence-electron chi connectivity index (χ0n) is 18.9. The van der Waals surface area contributed by atoms with Gasteiger partial charge in [-0.25, -0.2) is 9.37 Å². The Morgan fingerprint density at radius 3 is 2.94 bits per heavy atom. The van der Waals surface area contributed by atoms with E-state index in [4.69, 9.17) is 11.6 Å². The second-order valence-corrected chi connectivity index (χ2v) is 8.65. The maximum Gasteiger partial charge on any atom is 0.273 e. The van der Waals surface area contributed by atoms with Crippen LogP contribution < -0.4 is 10.6 Å². The molecular weight excluding hydrogens is 489 g/mol. The number of carbonyl (C=O) groups excluding carboxylic acids is 2. The quantitative estimate of drug-likeness (QED) is 0.325. The normalized spacial score (nSPS) is 15.3. The van der Waals surface area contributed by atoms with E-state index in [2.05, 4.69) is 42.1 Å². The molecule has 3 N–H and O–H groups in total. The number of aromatic nitrogens is 4. The van der Waals surface area contributed by atoms with Crippen molar-refractivity contribution in [1.29, 1.82) is 0 Å². The highest BCUT2D eigenvalue weighted by molar-refractivity contribution is 6.29. The molecule has 10 nitrogen and oxygen atoms in total. The molecule has 1 atom stereocenters. The van der Waals surface area contributed by atoms with Crippen LogP contribution in [0.5, 0.6) is 0 Å². The van der Waals surface area contributed by atoms with E-state index in [9.17, 15) is 14.0 Å². The van der Waals surface area contributed by atoms with E-state index in [1.165, 1.54) is 18.2 Å². The second kappa shape index (κ2) is 9.78. The van der Waals surface area contributed by atoms with E-state index in [0.717, 1.165) is 17.4 Å². The minimum atomic E-state index is -0.528. The molecule has 4 aromatic rings. The first-order valence-corrected chi connectivity index (χ1v) is 11.5. The highest BCUT2D eigenvalue weighted by atomic mass is 35.5. The summed E-state index contributed by atoms with van der Waals surface area (Å²) in [4.78, 5) is 30.1. The Morgan fingerprint density at radius 2 is 2.19 bits per heavy atom. The fourth-order valence-electron chi connectivity index (χ4n) is 4.18. The van der Waals surface area contributed by atoms with Gasteiger partial charge in [0.25, 0.3) is 5.91 Å². The molecule has 2 amide bonds. The fourth-order valence-corrected chi connectivity index (χ4v) is 4.32. The third kappa shape index (κ3) is 4.65. The summed E-state index contributed by atoms with van der Waals surface area (Å²) in [6.45, 7) is 4.66. The van der Waals surface area contributed by atoms with Gasteiger partial charge in [-0.15, -0.1) is 0 Å². The molecule has 0 saturated carbocycles. The standard InChI is InChI=1S/C24H21ClFN7O3/c1-2-20(34)33-8-6-15(12-33)29-23-21-16(5-7-27-22(21)30-31-23)13-3-4-14(17(26)9-13)11-28-24(35)18-10-19(25)36-32-18/h2-5,7,9-10,15H,1,6,8,11-12H2,(H,28,35)(H2,27,29,30,31). The number of hydrogen-bond donors (Lipinski definition) is 3. The van der Waals surface area contributed by atoms with E-state index >= 15 is 0 Å². The Labute approximate surface area is 209 Å². The molecule has 1 aromatic carbocycles. The van der Waals surface area contributed by atoms with Crippen molar-refractivity contribution in [2.24, 2.45) is 0 Å². The first-order valence-electron chi connectivity index (χ1n) is 11.1. The number of pyridine rings is 1. The number of carbonyl (C=O) groups is 2. The number of aromatic amines is 1. The van der Waals surface area contributed by atoms with E-state index in [1.54, 1.807) is 29.3 Å². The number of H-pyrrole nitrogens is 1. The summed E-state index contributed by atoms with van der Waals surface area (Å²) < 4.78 is 19.7. The minimum absolute atomic E-state index is 0.00966. The molecule has 1 saturated heterocycles. The van der Waals surface area contributed by atoms with Crippen LogP contribution in [-0.2, 0) is 11.3 Å². The van der Waals surface area contributed by atoms with Gasteiger partial charge in [0, 0.05) is 43.5 Å². The molecule has 1 unspecified atom stereocenters. The summed E-state index contributed by atoms with van der Waals surface area (Å²) in [5.41, 5.74) is 2.22. The number of likely N-dealkylation sites (tertiary alicyclic amines) is 1. The fraction of sp³-hybridized carbons (Fsp3) is 0.208. The average Bonchev–Trinajstić information content (AvgIpc) is 3.63. The predicted octanol–water partition coefficient (Wildman–Crippen LogP) is 3.53. The lowest BCUT2D eigenvalue weighted by Crippen LogP contribution is -2.30. The average molecular weight is 510 g/mol. The van der Waals surface area contributed by atoms with Gasteiger partial charge in [0.2, 0.25) is 11.1 Å². The third-order valence-electron chi connectivity index (χ3n) is 5.99. The molecule has 36 heavy (non-hydrogen) atoms. The summed E-state index contributed by atoms with van der Waals surface area (Å²) in [6, 6.07) is 7.85. The van der Waals surface area contributed by atoms with Crippen LogP contribution >= 0.6 is 11.6 Å². The van der Waals surface area contributed by atoms with Crippen molar-refractivity contribution in [3.05, 3.63) is 71.5 Å². The molecule has 0 bridgehead atoms. The molecule has 0 aliphatic carbocycles. The van der Waals surface area contributed by atoms with Crippen LogP contribution in [0.1, 0.15) is 22.5 Å². The lowest BCUT2D eigenvalue weighted by molar-refractivity contribution is -0.125. The Balaban J connectivity index is 1.35. The summed E-state index contributed by atoms with van der Waals surface area (Å²) in [7, 11) is 0. The van der Waals surface area contributed by atoms with Crippen molar-refractivity contribution in [2.75, 3.05) is 18.4 Å². The highest BCUT2D eigenvalue weighted by Crippen LogP contribution is 2.33. The number of halogens is 2. The molecule has 184 valence electrons. The summed E-state index contributed by atoms with van der Waals surface area (Å²) in [5, 5.41) is 17.5. The lowest BCUT2D eigenvalue weighted by atomic mass is 10.0. The number of fused-ring (bicyclic) bond motifs is 1. The zero-order chi connectivity index (χ0) is 25.2. The van der Waals surface area contributed by atoms with Crippen molar-refractivity contribution in [2.45, 2.75) is 19.0 Å². The maximum absolute atomic E-state index is 15.0. The number of nitrogens with one attached hydrogen (secondary N) is 3. The molecule has 1 fully saturated rings. The number of benzene rings is 1. The van der Waals surface area contributed by atoms with Gasteiger partial charge in [-0.05, 0) is 47.4 Å². The lowest BCUT2D eigenvalue weighted by Gasteiger charge is -2.15. The van der Waals surface area contributed by atoms with Gasteiger partial charge in [-0.3, -0.25) is 14.7 Å². The van der Waals surface area contributed by atoms with Gasteiger partial charge >= 0.3 is 0 Å². The van der Waals surface area contributed by atoms with E-state index < -0.39 is 11.7 Å². The molecule has 5 rings (SSSR count). The molecular formula is C24H21ClFN7O3. The first kappa shape index (κ1) is 23.5. The predicted molar refractivity (Wildman–Crippen MR) is 131 cm³/mol. The van der Waals surface area contributed by atoms with Crippen LogP contribution in [0.15, 0.2) is 53.7 Å². The van der Waals surface area contributed by atoms with E-state index in [-0.39, 0.29) is 29.4 Å². The Bertz CT molecular complexity index is 1470. The molecule has 1 aliphatic rings. The van der Waals surface area contributed by atoms with E-state index in [1.807, 2.05) is 0 Å². The highest BCUT2D eigenvalue weighted by Gasteiger charge is 2.26. The second-order valence-electron chi connectivity index (χ2n) is 8.28. The Morgan fingerprint density at radius 1 is 1.33 bits per heavy atom. The monoisotopic (exact) mass is 509 g/mol. The smallest absolute Gasteiger partial charge is 0.273 e. The van der Waals surface area contributed by atoms with Crippen LogP contribution in [0.3, 0.4) is 0 Å². The first-order chi connectivity index (χ1) is 17.4. The Hall–Kier alpha value is -4.25. The van der Waals surface area contributed by atoms with Crippen molar-refractivity contribution in [3.63, 3.8) is 0 Å². The number of rotatable bonds is 7. The summed E-state index contributed by atoms with van der Waals surface area (Å²) in [5.74, 6) is -0.540. The number of amides is 2. The largest absolute Gasteiger partial charge is 0.363 e. The van der Waals surface area contributed by atoms with Crippen molar-refractivity contribution >= 4 is 40.3 Å². The Kier molecular flexibility index (Phi) is 6.38. The zero-order valence-corrected chi connectivity index (χ0v) is 19.7. The molecule has 3 aromatic heterocycles. The number of hydrogen-bond acceptors (Lipinski definition) is 7. The van der Waals surface area contributed by atoms with Gasteiger partial charge < -0.3 is 20.1 Å².